The molecular weight excluding hydrogens is 384 g/mol. The number of hydrogen-bond acceptors (Lipinski definition) is 5. The Morgan fingerprint density at radius 1 is 1.25 bits per heavy atom. The van der Waals surface area contributed by atoms with Crippen molar-refractivity contribution in [2.75, 3.05) is 6.54 Å². The highest BCUT2D eigenvalue weighted by atomic mass is 79.9. The van der Waals surface area contributed by atoms with Gasteiger partial charge in [-0.25, -0.2) is 13.6 Å². The van der Waals surface area contributed by atoms with Gasteiger partial charge in [-0.3, -0.25) is 4.79 Å². The summed E-state index contributed by atoms with van der Waals surface area (Å²) in [7, 11) is -3.64. The van der Waals surface area contributed by atoms with Gasteiger partial charge in [-0.05, 0) is 46.6 Å². The van der Waals surface area contributed by atoms with Crippen molar-refractivity contribution in [2.45, 2.75) is 10.6 Å². The zero-order valence-corrected chi connectivity index (χ0v) is 14.2. The summed E-state index contributed by atoms with van der Waals surface area (Å²) in [5, 5.41) is 7.82. The standard InChI is InChI=1S/C11H11BrN2O3S3/c12-9-3-2-8(19-9)11(15)14-6-5-7-1-4-10(18-7)20(13,16)17/h1-4H,5-6H2,(H,14,15)(H2,13,16,17). The highest BCUT2D eigenvalue weighted by Crippen LogP contribution is 2.22. The average Bonchev–Trinajstić information content (AvgIpc) is 2.97. The van der Waals surface area contributed by atoms with Gasteiger partial charge in [-0.15, -0.1) is 22.7 Å². The summed E-state index contributed by atoms with van der Waals surface area (Å²) in [6, 6.07) is 6.75. The molecule has 2 heterocycles. The molecule has 0 radical (unpaired) electrons. The molecule has 1 amide bonds. The lowest BCUT2D eigenvalue weighted by Crippen LogP contribution is -2.24. The first-order chi connectivity index (χ1) is 9.36. The molecule has 0 unspecified atom stereocenters. The number of hydrogen-bond donors (Lipinski definition) is 2. The molecular formula is C11H11BrN2O3S3. The highest BCUT2D eigenvalue weighted by Gasteiger charge is 2.12. The topological polar surface area (TPSA) is 89.3 Å². The number of thiophene rings is 2. The molecule has 9 heteroatoms. The predicted octanol–water partition coefficient (Wildman–Crippen LogP) is 2.19. The fraction of sp³-hybridized carbons (Fsp3) is 0.182. The van der Waals surface area contributed by atoms with Crippen molar-refractivity contribution in [1.82, 2.24) is 5.32 Å². The van der Waals surface area contributed by atoms with Crippen LogP contribution in [-0.4, -0.2) is 20.9 Å². The van der Waals surface area contributed by atoms with Gasteiger partial charge in [-0.1, -0.05) is 0 Å². The summed E-state index contributed by atoms with van der Waals surface area (Å²) in [5.74, 6) is -0.135. The molecule has 108 valence electrons. The third-order valence-electron chi connectivity index (χ3n) is 2.37. The van der Waals surface area contributed by atoms with Crippen LogP contribution in [0, 0.1) is 0 Å². The van der Waals surface area contributed by atoms with Gasteiger partial charge >= 0.3 is 0 Å². The van der Waals surface area contributed by atoms with Gasteiger partial charge in [0.05, 0.1) is 8.66 Å². The average molecular weight is 395 g/mol. The molecule has 0 aliphatic heterocycles. The lowest BCUT2D eigenvalue weighted by atomic mass is 10.3. The summed E-state index contributed by atoms with van der Waals surface area (Å²) in [6.45, 7) is 0.443. The van der Waals surface area contributed by atoms with E-state index in [4.69, 9.17) is 5.14 Å². The molecule has 20 heavy (non-hydrogen) atoms. The number of primary sulfonamides is 1. The Balaban J connectivity index is 1.87. The first kappa shape index (κ1) is 15.6. The van der Waals surface area contributed by atoms with E-state index in [0.717, 1.165) is 20.0 Å². The molecule has 2 aromatic rings. The van der Waals surface area contributed by atoms with Gasteiger partial charge in [0.1, 0.15) is 4.21 Å². The maximum absolute atomic E-state index is 11.8. The number of carbonyl (C=O) groups is 1. The summed E-state index contributed by atoms with van der Waals surface area (Å²) in [4.78, 5) is 13.3. The van der Waals surface area contributed by atoms with Crippen LogP contribution in [0.1, 0.15) is 14.5 Å². The third-order valence-corrected chi connectivity index (χ3v) is 6.58. The molecule has 0 aliphatic rings. The van der Waals surface area contributed by atoms with Gasteiger partial charge in [0.25, 0.3) is 5.91 Å². The molecule has 0 aromatic carbocycles. The van der Waals surface area contributed by atoms with Gasteiger partial charge in [0.2, 0.25) is 10.0 Å². The van der Waals surface area contributed by atoms with Crippen LogP contribution in [0.5, 0.6) is 0 Å². The predicted molar refractivity (Wildman–Crippen MR) is 83.7 cm³/mol. The molecule has 0 bridgehead atoms. The molecule has 0 fully saturated rings. The zero-order valence-electron chi connectivity index (χ0n) is 10.1. The maximum atomic E-state index is 11.8. The van der Waals surface area contributed by atoms with Crippen LogP contribution < -0.4 is 10.5 Å². The monoisotopic (exact) mass is 394 g/mol. The Morgan fingerprint density at radius 3 is 2.55 bits per heavy atom. The molecule has 0 atom stereocenters. The van der Waals surface area contributed by atoms with Crippen molar-refractivity contribution in [3.05, 3.63) is 37.8 Å². The summed E-state index contributed by atoms with van der Waals surface area (Å²) >= 11 is 5.78. The number of nitrogens with two attached hydrogens (primary N) is 1. The van der Waals surface area contributed by atoms with E-state index in [0.29, 0.717) is 17.8 Å². The van der Waals surface area contributed by atoms with E-state index < -0.39 is 10.0 Å². The smallest absolute Gasteiger partial charge is 0.261 e. The van der Waals surface area contributed by atoms with Crippen molar-refractivity contribution in [1.29, 1.82) is 0 Å². The summed E-state index contributed by atoms with van der Waals surface area (Å²) in [6.07, 6.45) is 0.568. The molecule has 5 nitrogen and oxygen atoms in total. The van der Waals surface area contributed by atoms with Crippen molar-refractivity contribution in [3.8, 4) is 0 Å². The molecule has 3 N–H and O–H groups in total. The first-order valence-corrected chi connectivity index (χ1v) is 9.48. The fourth-order valence-electron chi connectivity index (χ4n) is 1.47. The first-order valence-electron chi connectivity index (χ1n) is 5.51. The zero-order chi connectivity index (χ0) is 14.8. The number of rotatable bonds is 5. The van der Waals surface area contributed by atoms with E-state index in [1.54, 1.807) is 12.1 Å². The third kappa shape index (κ3) is 4.13. The van der Waals surface area contributed by atoms with Crippen molar-refractivity contribution < 1.29 is 13.2 Å². The van der Waals surface area contributed by atoms with Crippen molar-refractivity contribution in [3.63, 3.8) is 0 Å². The van der Waals surface area contributed by atoms with Crippen LogP contribution in [-0.2, 0) is 16.4 Å². The molecule has 0 saturated carbocycles. The van der Waals surface area contributed by atoms with Crippen molar-refractivity contribution >= 4 is 54.5 Å². The largest absolute Gasteiger partial charge is 0.351 e. The minimum atomic E-state index is -3.64. The number of sulfonamides is 1. The Labute approximate surface area is 133 Å². The Morgan fingerprint density at radius 2 is 2.00 bits per heavy atom. The van der Waals surface area contributed by atoms with Crippen LogP contribution >= 0.6 is 38.6 Å². The van der Waals surface area contributed by atoms with Crippen LogP contribution in [0.4, 0.5) is 0 Å². The van der Waals surface area contributed by atoms with Crippen LogP contribution in [0.3, 0.4) is 0 Å². The van der Waals surface area contributed by atoms with E-state index >= 15 is 0 Å². The van der Waals surface area contributed by atoms with E-state index in [9.17, 15) is 13.2 Å². The van der Waals surface area contributed by atoms with E-state index in [2.05, 4.69) is 21.2 Å². The van der Waals surface area contributed by atoms with Gasteiger partial charge in [0, 0.05) is 11.4 Å². The second kappa shape index (κ2) is 6.35. The lowest BCUT2D eigenvalue weighted by molar-refractivity contribution is 0.0958. The van der Waals surface area contributed by atoms with Gasteiger partial charge < -0.3 is 5.32 Å². The fourth-order valence-corrected chi connectivity index (χ4v) is 4.55. The summed E-state index contributed by atoms with van der Waals surface area (Å²) in [5.41, 5.74) is 0. The Bertz CT molecular complexity index is 721. The molecule has 0 aliphatic carbocycles. The van der Waals surface area contributed by atoms with Crippen LogP contribution in [0.15, 0.2) is 32.3 Å². The second-order valence-corrected chi connectivity index (χ2v) is 9.30. The molecule has 0 spiro atoms. The molecule has 0 saturated heterocycles. The van der Waals surface area contributed by atoms with E-state index in [-0.39, 0.29) is 10.1 Å². The minimum absolute atomic E-state index is 0.135. The van der Waals surface area contributed by atoms with Crippen LogP contribution in [0.25, 0.3) is 0 Å². The number of carbonyl (C=O) groups excluding carboxylic acids is 1. The maximum Gasteiger partial charge on any atom is 0.261 e. The minimum Gasteiger partial charge on any atom is -0.351 e. The van der Waals surface area contributed by atoms with Gasteiger partial charge in [-0.2, -0.15) is 0 Å². The normalized spacial score (nSPS) is 11.5. The van der Waals surface area contributed by atoms with Gasteiger partial charge in [0.15, 0.2) is 0 Å². The quantitative estimate of drug-likeness (QED) is 0.814. The lowest BCUT2D eigenvalue weighted by Gasteiger charge is -2.01. The van der Waals surface area contributed by atoms with E-state index in [1.165, 1.54) is 17.4 Å². The van der Waals surface area contributed by atoms with Crippen molar-refractivity contribution in [2.24, 2.45) is 5.14 Å². The second-order valence-electron chi connectivity index (χ2n) is 3.88. The highest BCUT2D eigenvalue weighted by molar-refractivity contribution is 9.11. The Kier molecular flexibility index (Phi) is 4.97. The van der Waals surface area contributed by atoms with Crippen LogP contribution in [0.2, 0.25) is 0 Å². The number of nitrogens with one attached hydrogen (secondary N) is 1. The molecule has 2 aromatic heterocycles. The molecule has 2 rings (SSSR count). The SMILES string of the molecule is NS(=O)(=O)c1ccc(CCNC(=O)c2ccc(Br)s2)s1. The number of halogens is 1. The number of amides is 1. The van der Waals surface area contributed by atoms with E-state index in [1.807, 2.05) is 6.07 Å². The Hall–Kier alpha value is -0.740. The summed E-state index contributed by atoms with van der Waals surface area (Å²) < 4.78 is 23.3.